The molecule has 1 saturated carbocycles. The van der Waals surface area contributed by atoms with E-state index < -0.39 is 16.0 Å². The summed E-state index contributed by atoms with van der Waals surface area (Å²) in [6, 6.07) is -0.0926. The van der Waals surface area contributed by atoms with Crippen molar-refractivity contribution in [1.29, 1.82) is 0 Å². The molecule has 1 fully saturated rings. The highest BCUT2D eigenvalue weighted by Crippen LogP contribution is 2.28. The van der Waals surface area contributed by atoms with E-state index in [0.717, 1.165) is 0 Å². The van der Waals surface area contributed by atoms with Gasteiger partial charge in [0.25, 0.3) is 0 Å². The van der Waals surface area contributed by atoms with Crippen LogP contribution in [0.3, 0.4) is 0 Å². The van der Waals surface area contributed by atoms with Crippen LogP contribution < -0.4 is 4.72 Å². The average Bonchev–Trinajstić information content (AvgIpc) is 2.71. The Labute approximate surface area is 129 Å². The van der Waals surface area contributed by atoms with Crippen LogP contribution in [0, 0.1) is 13.8 Å². The molecular weight excluding hydrogens is 310 g/mol. The highest BCUT2D eigenvalue weighted by molar-refractivity contribution is 7.89. The second-order valence-corrected chi connectivity index (χ2v) is 7.20. The van der Waals surface area contributed by atoms with Gasteiger partial charge in [0.15, 0.2) is 5.76 Å². The van der Waals surface area contributed by atoms with E-state index in [1.807, 2.05) is 11.8 Å². The first kappa shape index (κ1) is 16.9. The minimum atomic E-state index is -3.66. The maximum Gasteiger partial charge on any atom is 0.317 e. The van der Waals surface area contributed by atoms with Crippen LogP contribution in [0.1, 0.15) is 31.2 Å². The number of carboxylic acid groups (broad SMARTS) is 1. The van der Waals surface area contributed by atoms with E-state index in [9.17, 15) is 13.2 Å². The Morgan fingerprint density at radius 1 is 1.45 bits per heavy atom. The fourth-order valence-electron chi connectivity index (χ4n) is 2.79. The van der Waals surface area contributed by atoms with Crippen molar-refractivity contribution in [2.75, 3.05) is 13.1 Å². The Morgan fingerprint density at radius 2 is 2.09 bits per heavy atom. The molecule has 0 unspecified atom stereocenters. The summed E-state index contributed by atoms with van der Waals surface area (Å²) in [5.41, 5.74) is 0.335. The predicted octanol–water partition coefficient (Wildman–Crippen LogP) is 0.507. The Balaban J connectivity index is 1.96. The highest BCUT2D eigenvalue weighted by atomic mass is 32.2. The number of rotatable bonds is 7. The molecule has 0 atom stereocenters. The smallest absolute Gasteiger partial charge is 0.317 e. The Hall–Kier alpha value is -1.45. The van der Waals surface area contributed by atoms with Crippen molar-refractivity contribution in [3.63, 3.8) is 0 Å². The molecule has 1 aromatic heterocycles. The molecule has 1 heterocycles. The third-order valence-corrected chi connectivity index (χ3v) is 5.70. The van der Waals surface area contributed by atoms with Crippen LogP contribution >= 0.6 is 0 Å². The topological polar surface area (TPSA) is 113 Å². The molecule has 0 aliphatic heterocycles. The van der Waals surface area contributed by atoms with E-state index in [2.05, 4.69) is 9.88 Å². The van der Waals surface area contributed by atoms with E-state index in [0.29, 0.717) is 25.1 Å². The highest BCUT2D eigenvalue weighted by Gasteiger charge is 2.37. The van der Waals surface area contributed by atoms with Gasteiger partial charge in [0.1, 0.15) is 10.6 Å². The molecule has 1 aliphatic rings. The number of likely N-dealkylation sites (N-methyl/N-ethyl adjacent to an activating group) is 1. The monoisotopic (exact) mass is 331 g/mol. The van der Waals surface area contributed by atoms with Crippen molar-refractivity contribution in [2.45, 2.75) is 50.6 Å². The number of nitrogens with one attached hydrogen (secondary N) is 1. The van der Waals surface area contributed by atoms with Gasteiger partial charge in [-0.05, 0) is 33.2 Å². The molecule has 1 aromatic rings. The number of nitrogens with zero attached hydrogens (tertiary/aromatic N) is 2. The molecular formula is C13H21N3O5S. The normalized spacial score (nSPS) is 21.8. The first-order valence-electron chi connectivity index (χ1n) is 7.15. The van der Waals surface area contributed by atoms with Gasteiger partial charge in [-0.25, -0.2) is 13.1 Å². The second kappa shape index (κ2) is 6.35. The summed E-state index contributed by atoms with van der Waals surface area (Å²) in [7, 11) is -3.66. The summed E-state index contributed by atoms with van der Waals surface area (Å²) in [6.07, 6.45) is 1.20. The third-order valence-electron chi connectivity index (χ3n) is 3.93. The SMILES string of the molecule is CCN(CC(=O)O)C1CC(NS(=O)(=O)c2c(C)noc2C)C1. The van der Waals surface area contributed by atoms with Gasteiger partial charge in [0.2, 0.25) is 10.0 Å². The number of aryl methyl sites for hydroxylation is 2. The minimum Gasteiger partial charge on any atom is -0.480 e. The number of hydrogen-bond donors (Lipinski definition) is 2. The van der Waals surface area contributed by atoms with Crippen LogP contribution in [0.25, 0.3) is 0 Å². The van der Waals surface area contributed by atoms with E-state index >= 15 is 0 Å². The van der Waals surface area contributed by atoms with Crippen LogP contribution in [0.2, 0.25) is 0 Å². The van der Waals surface area contributed by atoms with Crippen LogP contribution in [0.5, 0.6) is 0 Å². The van der Waals surface area contributed by atoms with E-state index in [1.165, 1.54) is 0 Å². The average molecular weight is 331 g/mol. The van der Waals surface area contributed by atoms with Gasteiger partial charge in [-0.1, -0.05) is 12.1 Å². The van der Waals surface area contributed by atoms with E-state index in [-0.39, 0.29) is 29.3 Å². The van der Waals surface area contributed by atoms with Crippen LogP contribution in [-0.4, -0.2) is 54.7 Å². The first-order valence-corrected chi connectivity index (χ1v) is 8.64. The zero-order valence-corrected chi connectivity index (χ0v) is 13.7. The molecule has 1 aliphatic carbocycles. The lowest BCUT2D eigenvalue weighted by atomic mass is 9.86. The number of aliphatic carboxylic acids is 1. The van der Waals surface area contributed by atoms with Crippen molar-refractivity contribution in [3.8, 4) is 0 Å². The van der Waals surface area contributed by atoms with Crippen LogP contribution in [-0.2, 0) is 14.8 Å². The number of carbonyl (C=O) groups is 1. The Morgan fingerprint density at radius 3 is 2.55 bits per heavy atom. The van der Waals surface area contributed by atoms with E-state index in [1.54, 1.807) is 13.8 Å². The van der Waals surface area contributed by atoms with Gasteiger partial charge < -0.3 is 9.63 Å². The zero-order chi connectivity index (χ0) is 16.5. The molecule has 0 radical (unpaired) electrons. The first-order chi connectivity index (χ1) is 10.2. The van der Waals surface area contributed by atoms with E-state index in [4.69, 9.17) is 9.63 Å². The summed E-state index contributed by atoms with van der Waals surface area (Å²) in [5, 5.41) is 12.5. The molecule has 124 valence electrons. The number of hydrogen-bond acceptors (Lipinski definition) is 6. The molecule has 22 heavy (non-hydrogen) atoms. The third kappa shape index (κ3) is 3.47. The molecule has 8 nitrogen and oxygen atoms in total. The number of carboxylic acids is 1. The lowest BCUT2D eigenvalue weighted by Gasteiger charge is -2.42. The zero-order valence-electron chi connectivity index (χ0n) is 12.9. The predicted molar refractivity (Wildman–Crippen MR) is 78.0 cm³/mol. The fourth-order valence-corrected chi connectivity index (χ4v) is 4.38. The summed E-state index contributed by atoms with van der Waals surface area (Å²) in [4.78, 5) is 12.7. The largest absolute Gasteiger partial charge is 0.480 e. The van der Waals surface area contributed by atoms with Gasteiger partial charge in [-0.3, -0.25) is 9.69 Å². The number of aromatic nitrogens is 1. The van der Waals surface area contributed by atoms with Crippen molar-refractivity contribution >= 4 is 16.0 Å². The summed E-state index contributed by atoms with van der Waals surface area (Å²) < 4.78 is 32.2. The molecule has 0 amide bonds. The Kier molecular flexibility index (Phi) is 4.88. The molecule has 2 rings (SSSR count). The standard InChI is InChI=1S/C13H21N3O5S/c1-4-16(7-12(17)18)11-5-10(6-11)15-22(19,20)13-8(2)14-21-9(13)3/h10-11,15H,4-7H2,1-3H3,(H,17,18). The van der Waals surface area contributed by atoms with Crippen molar-refractivity contribution in [2.24, 2.45) is 0 Å². The molecule has 9 heteroatoms. The van der Waals surface area contributed by atoms with Crippen LogP contribution in [0.15, 0.2) is 9.42 Å². The summed E-state index contributed by atoms with van der Waals surface area (Å²) in [5.74, 6) is -0.608. The molecule has 0 aromatic carbocycles. The van der Waals surface area contributed by atoms with Crippen molar-refractivity contribution in [1.82, 2.24) is 14.8 Å². The summed E-state index contributed by atoms with van der Waals surface area (Å²) >= 11 is 0. The molecule has 0 spiro atoms. The molecule has 0 bridgehead atoms. The molecule has 0 saturated heterocycles. The summed E-state index contributed by atoms with van der Waals surface area (Å²) in [6.45, 7) is 5.64. The van der Waals surface area contributed by atoms with Gasteiger partial charge >= 0.3 is 5.97 Å². The van der Waals surface area contributed by atoms with Crippen molar-refractivity contribution < 1.29 is 22.8 Å². The maximum atomic E-state index is 12.3. The fraction of sp³-hybridized carbons (Fsp3) is 0.692. The van der Waals surface area contributed by atoms with Crippen molar-refractivity contribution in [3.05, 3.63) is 11.5 Å². The minimum absolute atomic E-state index is 0.0233. The second-order valence-electron chi connectivity index (χ2n) is 5.55. The lowest BCUT2D eigenvalue weighted by molar-refractivity contribution is -0.139. The molecule has 2 N–H and O–H groups in total. The number of sulfonamides is 1. The quantitative estimate of drug-likeness (QED) is 0.748. The van der Waals surface area contributed by atoms with Gasteiger partial charge in [0, 0.05) is 12.1 Å². The van der Waals surface area contributed by atoms with Crippen LogP contribution in [0.4, 0.5) is 0 Å². The van der Waals surface area contributed by atoms with Gasteiger partial charge in [-0.2, -0.15) is 0 Å². The maximum absolute atomic E-state index is 12.3. The van der Waals surface area contributed by atoms with Gasteiger partial charge in [0.05, 0.1) is 6.54 Å². The lowest BCUT2D eigenvalue weighted by Crippen LogP contribution is -2.54. The Bertz CT molecular complexity index is 629. The van der Waals surface area contributed by atoms with Gasteiger partial charge in [-0.15, -0.1) is 0 Å².